The highest BCUT2D eigenvalue weighted by atomic mass is 35.5. The molecule has 6 nitrogen and oxygen atoms in total. The van der Waals surface area contributed by atoms with Gasteiger partial charge >= 0.3 is 5.97 Å². The Kier molecular flexibility index (Phi) is 5.69. The number of aryl methyl sites for hydroxylation is 2. The molecule has 2 heterocycles. The first kappa shape index (κ1) is 19.6. The van der Waals surface area contributed by atoms with Gasteiger partial charge in [0, 0.05) is 34.6 Å². The van der Waals surface area contributed by atoms with Gasteiger partial charge in [-0.25, -0.2) is 4.79 Å². The highest BCUT2D eigenvalue weighted by molar-refractivity contribution is 7.80. The fourth-order valence-corrected chi connectivity index (χ4v) is 4.61. The van der Waals surface area contributed by atoms with Crippen molar-refractivity contribution in [2.45, 2.75) is 19.9 Å². The molecule has 1 atom stereocenters. The molecule has 0 bridgehead atoms. The topological polar surface area (TPSA) is 68.2 Å². The molecule has 2 N–H and O–H groups in total. The number of hydrogen-bond acceptors (Lipinski definition) is 5. The second-order valence-corrected chi connectivity index (χ2v) is 7.95. The number of esters is 1. The molecule has 27 heavy (non-hydrogen) atoms. The summed E-state index contributed by atoms with van der Waals surface area (Å²) < 4.78 is 7.44. The van der Waals surface area contributed by atoms with Gasteiger partial charge in [0.15, 0.2) is 5.11 Å². The summed E-state index contributed by atoms with van der Waals surface area (Å²) in [5.41, 5.74) is 2.86. The highest BCUT2D eigenvalue weighted by Gasteiger charge is 2.18. The van der Waals surface area contributed by atoms with Crippen molar-refractivity contribution in [3.8, 4) is 0 Å². The van der Waals surface area contributed by atoms with Gasteiger partial charge in [-0.1, -0.05) is 11.6 Å². The number of hydrogen-bond donors (Lipinski definition) is 2. The Balaban J connectivity index is 1.75. The molecule has 9 heteroatoms. The minimum atomic E-state index is -0.437. The Labute approximate surface area is 171 Å². The van der Waals surface area contributed by atoms with E-state index in [1.54, 1.807) is 4.68 Å². The van der Waals surface area contributed by atoms with Gasteiger partial charge in [0.2, 0.25) is 0 Å². The maximum atomic E-state index is 11.8. The van der Waals surface area contributed by atoms with Crippen molar-refractivity contribution in [2.75, 3.05) is 12.4 Å². The van der Waals surface area contributed by atoms with Gasteiger partial charge in [-0.2, -0.15) is 5.10 Å². The van der Waals surface area contributed by atoms with Crippen LogP contribution in [0.4, 0.5) is 5.69 Å². The summed E-state index contributed by atoms with van der Waals surface area (Å²) in [6.07, 6.45) is 1.98. The lowest BCUT2D eigenvalue weighted by Crippen LogP contribution is -2.31. The van der Waals surface area contributed by atoms with Gasteiger partial charge in [0.25, 0.3) is 0 Å². The number of nitrogens with one attached hydrogen (secondary N) is 2. The number of methoxy groups -OCH3 is 1. The number of thiocarbonyl (C=S) groups is 1. The number of fused-ring (bicyclic) bond motifs is 1. The molecule has 0 radical (unpaired) electrons. The van der Waals surface area contributed by atoms with Gasteiger partial charge in [-0.15, -0.1) is 11.3 Å². The third-order valence-electron chi connectivity index (χ3n) is 4.12. The molecule has 0 aliphatic carbocycles. The molecule has 3 aromatic rings. The first-order valence-corrected chi connectivity index (χ1v) is 9.78. The molecule has 2 aromatic heterocycles. The molecule has 0 spiro atoms. The molecule has 3 rings (SSSR count). The summed E-state index contributed by atoms with van der Waals surface area (Å²) in [7, 11) is 3.23. The van der Waals surface area contributed by atoms with Crippen molar-refractivity contribution >= 4 is 62.0 Å². The molecule has 0 saturated heterocycles. The number of halogens is 1. The van der Waals surface area contributed by atoms with Crippen molar-refractivity contribution in [1.82, 2.24) is 15.1 Å². The van der Waals surface area contributed by atoms with E-state index in [1.807, 2.05) is 45.3 Å². The number of benzene rings is 1. The third kappa shape index (κ3) is 4.07. The number of nitrogens with zero attached hydrogens (tertiary/aromatic N) is 2. The second-order valence-electron chi connectivity index (χ2n) is 6.11. The summed E-state index contributed by atoms with van der Waals surface area (Å²) >= 11 is 13.0. The first-order chi connectivity index (χ1) is 12.8. The van der Waals surface area contributed by atoms with E-state index >= 15 is 0 Å². The molecule has 0 aliphatic rings. The summed E-state index contributed by atoms with van der Waals surface area (Å²) in [6.45, 7) is 4.00. The monoisotopic (exact) mass is 422 g/mol. The van der Waals surface area contributed by atoms with Crippen molar-refractivity contribution in [2.24, 2.45) is 7.05 Å². The summed E-state index contributed by atoms with van der Waals surface area (Å²) in [4.78, 5) is 12.2. The second kappa shape index (κ2) is 7.84. The third-order valence-corrected chi connectivity index (χ3v) is 5.98. The number of carbonyl (C=O) groups excluding carboxylic acids is 1. The molecule has 0 amide bonds. The Morgan fingerprint density at radius 1 is 1.44 bits per heavy atom. The van der Waals surface area contributed by atoms with E-state index in [0.717, 1.165) is 27.0 Å². The normalized spacial score (nSPS) is 12.0. The van der Waals surface area contributed by atoms with Crippen LogP contribution in [0.1, 0.15) is 33.9 Å². The standard InChI is InChI=1S/C18H19ClN4O2S2/c1-9(13-8-23(3)22-10(13)2)20-18(26)21-11-5-6-12-14(7-11)27-16(15(12)19)17(24)25-4/h5-9H,1-4H3,(H2,20,21,26). The smallest absolute Gasteiger partial charge is 0.349 e. The number of ether oxygens (including phenoxy) is 1. The van der Waals surface area contributed by atoms with Gasteiger partial charge in [-0.05, 0) is 44.3 Å². The number of carbonyl (C=O) groups is 1. The Bertz CT molecular complexity index is 1030. The van der Waals surface area contributed by atoms with E-state index < -0.39 is 5.97 Å². The zero-order valence-corrected chi connectivity index (χ0v) is 17.7. The van der Waals surface area contributed by atoms with Crippen LogP contribution in [0.3, 0.4) is 0 Å². The molecule has 142 valence electrons. The number of aromatic nitrogens is 2. The summed E-state index contributed by atoms with van der Waals surface area (Å²) in [6, 6.07) is 5.66. The lowest BCUT2D eigenvalue weighted by atomic mass is 10.1. The SMILES string of the molecule is COC(=O)c1sc2cc(NC(=S)NC(C)c3cn(C)nc3C)ccc2c1Cl. The van der Waals surface area contributed by atoms with Crippen LogP contribution >= 0.6 is 35.2 Å². The van der Waals surface area contributed by atoms with Gasteiger partial charge < -0.3 is 15.4 Å². The van der Waals surface area contributed by atoms with E-state index in [9.17, 15) is 4.79 Å². The van der Waals surface area contributed by atoms with E-state index in [2.05, 4.69) is 15.7 Å². The minimum absolute atomic E-state index is 0.0181. The zero-order chi connectivity index (χ0) is 19.7. The number of rotatable bonds is 4. The van der Waals surface area contributed by atoms with Crippen molar-refractivity contribution in [3.63, 3.8) is 0 Å². The largest absolute Gasteiger partial charge is 0.465 e. The van der Waals surface area contributed by atoms with Crippen LogP contribution in [-0.4, -0.2) is 28.0 Å². The summed E-state index contributed by atoms with van der Waals surface area (Å²) in [5, 5.41) is 12.5. The molecule has 0 aliphatic heterocycles. The van der Waals surface area contributed by atoms with Crippen LogP contribution in [0.2, 0.25) is 5.02 Å². The molecule has 0 saturated carbocycles. The van der Waals surface area contributed by atoms with E-state index in [0.29, 0.717) is 15.0 Å². The maximum absolute atomic E-state index is 11.8. The predicted molar refractivity (Wildman–Crippen MR) is 114 cm³/mol. The lowest BCUT2D eigenvalue weighted by Gasteiger charge is -2.16. The Morgan fingerprint density at radius 2 is 2.19 bits per heavy atom. The maximum Gasteiger partial charge on any atom is 0.349 e. The highest BCUT2D eigenvalue weighted by Crippen LogP contribution is 2.37. The van der Waals surface area contributed by atoms with Gasteiger partial charge in [-0.3, -0.25) is 4.68 Å². The van der Waals surface area contributed by atoms with Crippen LogP contribution in [-0.2, 0) is 11.8 Å². The van der Waals surface area contributed by atoms with Crippen LogP contribution in [0.15, 0.2) is 24.4 Å². The van der Waals surface area contributed by atoms with Crippen LogP contribution < -0.4 is 10.6 Å². The quantitative estimate of drug-likeness (QED) is 0.479. The van der Waals surface area contributed by atoms with E-state index in [1.165, 1.54) is 18.4 Å². The first-order valence-electron chi connectivity index (χ1n) is 8.18. The average Bonchev–Trinajstić information content (AvgIpc) is 3.13. The average molecular weight is 423 g/mol. The Morgan fingerprint density at radius 3 is 2.81 bits per heavy atom. The molecule has 0 fully saturated rings. The van der Waals surface area contributed by atoms with Gasteiger partial charge in [0.1, 0.15) is 4.88 Å². The van der Waals surface area contributed by atoms with Crippen molar-refractivity contribution in [3.05, 3.63) is 45.6 Å². The number of thiophene rings is 1. The summed E-state index contributed by atoms with van der Waals surface area (Å²) in [5.74, 6) is -0.437. The van der Waals surface area contributed by atoms with Crippen molar-refractivity contribution < 1.29 is 9.53 Å². The minimum Gasteiger partial charge on any atom is -0.465 e. The van der Waals surface area contributed by atoms with E-state index in [-0.39, 0.29) is 6.04 Å². The molecular weight excluding hydrogens is 404 g/mol. The van der Waals surface area contributed by atoms with Crippen LogP contribution in [0.25, 0.3) is 10.1 Å². The fraction of sp³-hybridized carbons (Fsp3) is 0.278. The molecular formula is C18H19ClN4O2S2. The van der Waals surface area contributed by atoms with E-state index in [4.69, 9.17) is 28.6 Å². The van der Waals surface area contributed by atoms with Gasteiger partial charge in [0.05, 0.1) is 23.9 Å². The lowest BCUT2D eigenvalue weighted by molar-refractivity contribution is 0.0606. The predicted octanol–water partition coefficient (Wildman–Crippen LogP) is 4.43. The molecule has 1 aromatic carbocycles. The van der Waals surface area contributed by atoms with Crippen LogP contribution in [0, 0.1) is 6.92 Å². The van der Waals surface area contributed by atoms with Crippen LogP contribution in [0.5, 0.6) is 0 Å². The Hall–Kier alpha value is -2.16. The molecule has 1 unspecified atom stereocenters. The van der Waals surface area contributed by atoms with Crippen molar-refractivity contribution in [1.29, 1.82) is 0 Å². The number of anilines is 1. The zero-order valence-electron chi connectivity index (χ0n) is 15.3. The fourth-order valence-electron chi connectivity index (χ4n) is 2.85.